The maximum atomic E-state index is 12.5. The summed E-state index contributed by atoms with van der Waals surface area (Å²) in [6.07, 6.45) is 0.855. The van der Waals surface area contributed by atoms with Gasteiger partial charge in [-0.05, 0) is 30.4 Å². The minimum Gasteiger partial charge on any atom is -0.207 e. The van der Waals surface area contributed by atoms with Crippen molar-refractivity contribution < 1.29 is 8.42 Å². The van der Waals surface area contributed by atoms with E-state index in [1.54, 1.807) is 11.8 Å². The summed E-state index contributed by atoms with van der Waals surface area (Å²) in [6.45, 7) is 1.05. The molecular formula is C12H13ClN2O2S2. The molecule has 4 nitrogen and oxygen atoms in total. The van der Waals surface area contributed by atoms with Crippen LogP contribution in [0, 0.1) is 11.3 Å². The Morgan fingerprint density at radius 2 is 2.11 bits per heavy atom. The largest absolute Gasteiger partial charge is 0.243 e. The summed E-state index contributed by atoms with van der Waals surface area (Å²) < 4.78 is 26.4. The molecule has 1 fully saturated rings. The maximum absolute atomic E-state index is 12.5. The first kappa shape index (κ1) is 14.7. The molecule has 0 saturated carbocycles. The van der Waals surface area contributed by atoms with Crippen LogP contribution in [0.3, 0.4) is 0 Å². The van der Waals surface area contributed by atoms with Gasteiger partial charge >= 0.3 is 0 Å². The van der Waals surface area contributed by atoms with Crippen LogP contribution >= 0.6 is 23.4 Å². The molecule has 7 heteroatoms. The number of benzene rings is 1. The third kappa shape index (κ3) is 3.23. The second-order valence-electron chi connectivity index (χ2n) is 4.12. The summed E-state index contributed by atoms with van der Waals surface area (Å²) in [5, 5.41) is 8.97. The van der Waals surface area contributed by atoms with E-state index in [-0.39, 0.29) is 15.5 Å². The van der Waals surface area contributed by atoms with E-state index in [1.165, 1.54) is 22.5 Å². The molecule has 0 spiro atoms. The highest BCUT2D eigenvalue weighted by molar-refractivity contribution is 7.99. The Kier molecular flexibility index (Phi) is 4.74. The molecule has 0 aliphatic carbocycles. The van der Waals surface area contributed by atoms with Crippen molar-refractivity contribution >= 4 is 33.4 Å². The van der Waals surface area contributed by atoms with Gasteiger partial charge in [-0.25, -0.2) is 8.42 Å². The monoisotopic (exact) mass is 316 g/mol. The quantitative estimate of drug-likeness (QED) is 0.840. The number of nitrogens with zero attached hydrogens (tertiary/aromatic N) is 2. The summed E-state index contributed by atoms with van der Waals surface area (Å²) >= 11 is 7.66. The number of sulfonamides is 1. The van der Waals surface area contributed by atoms with E-state index in [1.807, 2.05) is 6.07 Å². The van der Waals surface area contributed by atoms with Crippen LogP contribution in [0.5, 0.6) is 0 Å². The molecule has 1 saturated heterocycles. The topological polar surface area (TPSA) is 61.2 Å². The van der Waals surface area contributed by atoms with Crippen LogP contribution in [-0.4, -0.2) is 37.3 Å². The standard InChI is InChI=1S/C12H13ClN2O2S2/c13-12-8-11(3-2-10(12)9-14)19(16,17)15-4-1-6-18-7-5-15/h2-3,8H,1,4-7H2. The lowest BCUT2D eigenvalue weighted by Crippen LogP contribution is -2.33. The highest BCUT2D eigenvalue weighted by Gasteiger charge is 2.25. The van der Waals surface area contributed by atoms with Gasteiger partial charge in [0, 0.05) is 18.8 Å². The molecule has 1 aliphatic heterocycles. The highest BCUT2D eigenvalue weighted by Crippen LogP contribution is 2.24. The molecule has 1 heterocycles. The van der Waals surface area contributed by atoms with Crippen LogP contribution in [0.4, 0.5) is 0 Å². The molecule has 0 bridgehead atoms. The molecule has 0 amide bonds. The summed E-state index contributed by atoms with van der Waals surface area (Å²) in [4.78, 5) is 0.156. The molecule has 1 aromatic carbocycles. The van der Waals surface area contributed by atoms with Crippen molar-refractivity contribution in [2.45, 2.75) is 11.3 Å². The Bertz CT molecular complexity index is 603. The van der Waals surface area contributed by atoms with Crippen LogP contribution in [0.2, 0.25) is 5.02 Å². The lowest BCUT2D eigenvalue weighted by molar-refractivity contribution is 0.435. The minimum absolute atomic E-state index is 0.156. The van der Waals surface area contributed by atoms with Gasteiger partial charge in [0.1, 0.15) is 6.07 Å². The molecule has 0 radical (unpaired) electrons. The van der Waals surface area contributed by atoms with Gasteiger partial charge in [0.2, 0.25) is 10.0 Å². The first-order valence-electron chi connectivity index (χ1n) is 5.83. The Morgan fingerprint density at radius 1 is 1.32 bits per heavy atom. The predicted molar refractivity (Wildman–Crippen MR) is 76.9 cm³/mol. The third-order valence-corrected chi connectivity index (χ3v) is 6.14. The second kappa shape index (κ2) is 6.14. The summed E-state index contributed by atoms with van der Waals surface area (Å²) in [7, 11) is -3.51. The minimum atomic E-state index is -3.51. The molecule has 1 aromatic rings. The molecule has 2 rings (SSSR count). The number of halogens is 1. The third-order valence-electron chi connectivity index (χ3n) is 2.88. The first-order valence-corrected chi connectivity index (χ1v) is 8.80. The van der Waals surface area contributed by atoms with Crippen molar-refractivity contribution in [1.29, 1.82) is 5.26 Å². The smallest absolute Gasteiger partial charge is 0.207 e. The van der Waals surface area contributed by atoms with Gasteiger partial charge in [0.25, 0.3) is 0 Å². The molecule has 0 aromatic heterocycles. The van der Waals surface area contributed by atoms with Gasteiger partial charge in [0.05, 0.1) is 15.5 Å². The van der Waals surface area contributed by atoms with Gasteiger partial charge in [-0.1, -0.05) is 11.6 Å². The van der Waals surface area contributed by atoms with Crippen LogP contribution in [0.1, 0.15) is 12.0 Å². The van der Waals surface area contributed by atoms with Crippen LogP contribution in [0.15, 0.2) is 23.1 Å². The van der Waals surface area contributed by atoms with Crippen molar-refractivity contribution in [2.75, 3.05) is 24.6 Å². The van der Waals surface area contributed by atoms with Crippen LogP contribution in [0.25, 0.3) is 0 Å². The lowest BCUT2D eigenvalue weighted by atomic mass is 10.2. The molecule has 19 heavy (non-hydrogen) atoms. The van der Waals surface area contributed by atoms with Gasteiger partial charge in [-0.2, -0.15) is 21.3 Å². The van der Waals surface area contributed by atoms with E-state index in [2.05, 4.69) is 0 Å². The van der Waals surface area contributed by atoms with E-state index in [0.717, 1.165) is 17.9 Å². The molecule has 0 unspecified atom stereocenters. The Hall–Kier alpha value is -0.740. The Labute approximate surface area is 122 Å². The van der Waals surface area contributed by atoms with Crippen molar-refractivity contribution in [2.24, 2.45) is 0 Å². The van der Waals surface area contributed by atoms with Crippen LogP contribution < -0.4 is 0 Å². The van der Waals surface area contributed by atoms with E-state index in [9.17, 15) is 8.42 Å². The number of nitriles is 1. The van der Waals surface area contributed by atoms with Crippen molar-refractivity contribution in [3.63, 3.8) is 0 Å². The number of hydrogen-bond acceptors (Lipinski definition) is 4. The zero-order chi connectivity index (χ0) is 13.9. The Balaban J connectivity index is 2.33. The fourth-order valence-electron chi connectivity index (χ4n) is 1.86. The molecular weight excluding hydrogens is 304 g/mol. The van der Waals surface area contributed by atoms with Gasteiger partial charge in [-0.3, -0.25) is 0 Å². The second-order valence-corrected chi connectivity index (χ2v) is 7.69. The number of rotatable bonds is 2. The Morgan fingerprint density at radius 3 is 2.79 bits per heavy atom. The molecule has 0 atom stereocenters. The van der Waals surface area contributed by atoms with Crippen molar-refractivity contribution in [3.05, 3.63) is 28.8 Å². The van der Waals surface area contributed by atoms with Crippen molar-refractivity contribution in [3.8, 4) is 6.07 Å². The molecule has 1 aliphatic rings. The van der Waals surface area contributed by atoms with Gasteiger partial charge in [0.15, 0.2) is 0 Å². The number of thioether (sulfide) groups is 1. The summed E-state index contributed by atoms with van der Waals surface area (Å²) in [5.74, 6) is 1.80. The van der Waals surface area contributed by atoms with E-state index < -0.39 is 10.0 Å². The molecule has 0 N–H and O–H groups in total. The number of hydrogen-bond donors (Lipinski definition) is 0. The van der Waals surface area contributed by atoms with Gasteiger partial charge in [-0.15, -0.1) is 0 Å². The SMILES string of the molecule is N#Cc1ccc(S(=O)(=O)N2CCCSCC2)cc1Cl. The van der Waals surface area contributed by atoms with E-state index in [4.69, 9.17) is 16.9 Å². The summed E-state index contributed by atoms with van der Waals surface area (Å²) in [6, 6.07) is 6.16. The maximum Gasteiger partial charge on any atom is 0.243 e. The van der Waals surface area contributed by atoms with Gasteiger partial charge < -0.3 is 0 Å². The van der Waals surface area contributed by atoms with E-state index in [0.29, 0.717) is 13.1 Å². The van der Waals surface area contributed by atoms with Crippen LogP contribution in [-0.2, 0) is 10.0 Å². The zero-order valence-electron chi connectivity index (χ0n) is 10.2. The predicted octanol–water partition coefficient (Wildman–Crippen LogP) is 2.34. The van der Waals surface area contributed by atoms with E-state index >= 15 is 0 Å². The summed E-state index contributed by atoms with van der Waals surface area (Å²) in [5.41, 5.74) is 0.284. The molecule has 102 valence electrons. The van der Waals surface area contributed by atoms with Crippen molar-refractivity contribution in [1.82, 2.24) is 4.31 Å². The zero-order valence-corrected chi connectivity index (χ0v) is 12.6. The average molecular weight is 317 g/mol. The lowest BCUT2D eigenvalue weighted by Gasteiger charge is -2.19. The first-order chi connectivity index (χ1) is 9.05. The fraction of sp³-hybridized carbons (Fsp3) is 0.417. The average Bonchev–Trinajstić information content (AvgIpc) is 2.67. The fourth-order valence-corrected chi connectivity index (χ4v) is 4.66. The normalized spacial score (nSPS) is 17.7. The highest BCUT2D eigenvalue weighted by atomic mass is 35.5.